The standard InChI is InChI=1S/C14H12N6O2/c1-22-11-5-4-9(7-16-11)12-13(14(21)20-18-12)19-17-10-3-2-6-15-8-10/h2-8H,1H3,(H2,18,20,21). The lowest BCUT2D eigenvalue weighted by Crippen LogP contribution is -1.96. The fourth-order valence-corrected chi connectivity index (χ4v) is 1.83. The Labute approximate surface area is 124 Å². The van der Waals surface area contributed by atoms with Crippen LogP contribution >= 0.6 is 0 Å². The third-order valence-corrected chi connectivity index (χ3v) is 2.90. The van der Waals surface area contributed by atoms with Crippen molar-refractivity contribution in [3.8, 4) is 17.1 Å². The van der Waals surface area contributed by atoms with Crippen LogP contribution in [0.3, 0.4) is 0 Å². The second-order valence-electron chi connectivity index (χ2n) is 4.30. The number of nitrogens with one attached hydrogen (secondary N) is 2. The van der Waals surface area contributed by atoms with Crippen LogP contribution in [0.5, 0.6) is 5.88 Å². The SMILES string of the molecule is COc1ccc(-c2[nH][nH]c(=O)c2N=Nc2cccnc2)cn1. The summed E-state index contributed by atoms with van der Waals surface area (Å²) < 4.78 is 5.01. The van der Waals surface area contributed by atoms with Crippen molar-refractivity contribution in [2.45, 2.75) is 0 Å². The Morgan fingerprint density at radius 2 is 2.05 bits per heavy atom. The van der Waals surface area contributed by atoms with Crippen molar-refractivity contribution in [1.82, 2.24) is 20.2 Å². The maximum Gasteiger partial charge on any atom is 0.292 e. The average Bonchev–Trinajstić information content (AvgIpc) is 2.95. The van der Waals surface area contributed by atoms with Crippen molar-refractivity contribution < 1.29 is 4.74 Å². The van der Waals surface area contributed by atoms with E-state index < -0.39 is 0 Å². The van der Waals surface area contributed by atoms with Gasteiger partial charge in [-0.3, -0.25) is 20.0 Å². The summed E-state index contributed by atoms with van der Waals surface area (Å²) in [5, 5.41) is 13.3. The molecule has 0 saturated carbocycles. The van der Waals surface area contributed by atoms with Gasteiger partial charge in [0.25, 0.3) is 5.56 Å². The number of nitrogens with zero attached hydrogens (tertiary/aromatic N) is 4. The van der Waals surface area contributed by atoms with Crippen LogP contribution in [0.25, 0.3) is 11.3 Å². The molecule has 0 aromatic carbocycles. The minimum absolute atomic E-state index is 0.177. The number of hydrogen-bond donors (Lipinski definition) is 2. The summed E-state index contributed by atoms with van der Waals surface area (Å²) in [6.45, 7) is 0. The van der Waals surface area contributed by atoms with Crippen molar-refractivity contribution in [2.24, 2.45) is 10.2 Å². The molecule has 2 N–H and O–H groups in total. The van der Waals surface area contributed by atoms with Gasteiger partial charge in [0.1, 0.15) is 5.69 Å². The highest BCUT2D eigenvalue weighted by molar-refractivity contribution is 5.70. The van der Waals surface area contributed by atoms with Gasteiger partial charge in [0.15, 0.2) is 5.69 Å². The summed E-state index contributed by atoms with van der Waals surface area (Å²) in [7, 11) is 1.54. The first kappa shape index (κ1) is 13.7. The molecule has 110 valence electrons. The molecule has 0 amide bonds. The van der Waals surface area contributed by atoms with Gasteiger partial charge in [-0.25, -0.2) is 4.98 Å². The molecule has 3 aromatic rings. The molecule has 8 nitrogen and oxygen atoms in total. The quantitative estimate of drug-likeness (QED) is 0.721. The fourth-order valence-electron chi connectivity index (χ4n) is 1.83. The molecule has 0 aliphatic heterocycles. The van der Waals surface area contributed by atoms with Crippen molar-refractivity contribution in [1.29, 1.82) is 0 Å². The van der Waals surface area contributed by atoms with E-state index in [1.807, 2.05) is 0 Å². The highest BCUT2D eigenvalue weighted by atomic mass is 16.5. The normalized spacial score (nSPS) is 11.0. The Hall–Kier alpha value is -3.29. The van der Waals surface area contributed by atoms with Gasteiger partial charge < -0.3 is 4.74 Å². The predicted molar refractivity (Wildman–Crippen MR) is 79.6 cm³/mol. The van der Waals surface area contributed by atoms with E-state index in [9.17, 15) is 4.79 Å². The Kier molecular flexibility index (Phi) is 3.73. The lowest BCUT2D eigenvalue weighted by molar-refractivity contribution is 0.398. The van der Waals surface area contributed by atoms with E-state index in [1.165, 1.54) is 7.11 Å². The number of azo groups is 1. The smallest absolute Gasteiger partial charge is 0.292 e. The van der Waals surface area contributed by atoms with E-state index in [4.69, 9.17) is 4.74 Å². The molecule has 0 spiro atoms. The van der Waals surface area contributed by atoms with Crippen molar-refractivity contribution >= 4 is 11.4 Å². The second kappa shape index (κ2) is 6.00. The molecule has 0 radical (unpaired) electrons. The highest BCUT2D eigenvalue weighted by Crippen LogP contribution is 2.26. The van der Waals surface area contributed by atoms with Gasteiger partial charge in [0.2, 0.25) is 5.88 Å². The summed E-state index contributed by atoms with van der Waals surface area (Å²) >= 11 is 0. The molecular formula is C14H12N6O2. The lowest BCUT2D eigenvalue weighted by Gasteiger charge is -2.00. The summed E-state index contributed by atoms with van der Waals surface area (Å²) in [5.74, 6) is 0.486. The predicted octanol–water partition coefficient (Wildman–Crippen LogP) is 2.58. The Morgan fingerprint density at radius 1 is 1.14 bits per heavy atom. The monoisotopic (exact) mass is 296 g/mol. The van der Waals surface area contributed by atoms with Crippen LogP contribution in [0.1, 0.15) is 0 Å². The van der Waals surface area contributed by atoms with Crippen LogP contribution in [0.15, 0.2) is 57.9 Å². The number of rotatable bonds is 4. The zero-order chi connectivity index (χ0) is 15.4. The van der Waals surface area contributed by atoms with Crippen LogP contribution in [-0.4, -0.2) is 27.3 Å². The van der Waals surface area contributed by atoms with E-state index in [0.29, 0.717) is 22.8 Å². The average molecular weight is 296 g/mol. The van der Waals surface area contributed by atoms with Gasteiger partial charge in [0, 0.05) is 24.0 Å². The van der Waals surface area contributed by atoms with Crippen LogP contribution in [0.2, 0.25) is 0 Å². The van der Waals surface area contributed by atoms with Gasteiger partial charge in [0.05, 0.1) is 19.0 Å². The molecule has 22 heavy (non-hydrogen) atoms. The van der Waals surface area contributed by atoms with Gasteiger partial charge in [-0.2, -0.15) is 0 Å². The summed E-state index contributed by atoms with van der Waals surface area (Å²) in [5.41, 5.74) is 1.57. The molecule has 3 aromatic heterocycles. The largest absolute Gasteiger partial charge is 0.481 e. The minimum atomic E-state index is -0.363. The molecular weight excluding hydrogens is 284 g/mol. The second-order valence-corrected chi connectivity index (χ2v) is 4.30. The molecule has 8 heteroatoms. The molecule has 0 unspecified atom stereocenters. The summed E-state index contributed by atoms with van der Waals surface area (Å²) in [6.07, 6.45) is 4.77. The van der Waals surface area contributed by atoms with Crippen LogP contribution in [0.4, 0.5) is 11.4 Å². The zero-order valence-electron chi connectivity index (χ0n) is 11.6. The Balaban J connectivity index is 1.97. The van der Waals surface area contributed by atoms with E-state index in [0.717, 1.165) is 0 Å². The highest BCUT2D eigenvalue weighted by Gasteiger charge is 2.12. The number of hydrogen-bond acceptors (Lipinski definition) is 6. The minimum Gasteiger partial charge on any atom is -0.481 e. The van der Waals surface area contributed by atoms with E-state index >= 15 is 0 Å². The number of pyridine rings is 2. The number of ether oxygens (including phenoxy) is 1. The summed E-state index contributed by atoms with van der Waals surface area (Å²) in [6, 6.07) is 6.95. The molecule has 3 heterocycles. The van der Waals surface area contributed by atoms with E-state index in [1.54, 1.807) is 42.9 Å². The maximum absolute atomic E-state index is 11.9. The van der Waals surface area contributed by atoms with E-state index in [2.05, 4.69) is 30.4 Å². The molecule has 0 bridgehead atoms. The topological polar surface area (TPSA) is 108 Å². The van der Waals surface area contributed by atoms with Crippen LogP contribution in [0, 0.1) is 0 Å². The van der Waals surface area contributed by atoms with Gasteiger partial charge >= 0.3 is 0 Å². The van der Waals surface area contributed by atoms with Gasteiger partial charge in [-0.1, -0.05) is 0 Å². The Morgan fingerprint density at radius 3 is 2.73 bits per heavy atom. The van der Waals surface area contributed by atoms with Gasteiger partial charge in [-0.05, 0) is 18.2 Å². The first-order valence-electron chi connectivity index (χ1n) is 6.41. The maximum atomic E-state index is 11.9. The third-order valence-electron chi connectivity index (χ3n) is 2.90. The van der Waals surface area contributed by atoms with Crippen LogP contribution in [-0.2, 0) is 0 Å². The third kappa shape index (κ3) is 2.75. The van der Waals surface area contributed by atoms with Crippen LogP contribution < -0.4 is 10.3 Å². The number of aromatic amines is 2. The number of H-pyrrole nitrogens is 2. The number of methoxy groups -OCH3 is 1. The summed E-state index contributed by atoms with van der Waals surface area (Å²) in [4.78, 5) is 19.9. The molecule has 0 aliphatic carbocycles. The number of aromatic nitrogens is 4. The fraction of sp³-hybridized carbons (Fsp3) is 0.0714. The zero-order valence-corrected chi connectivity index (χ0v) is 11.6. The molecule has 0 fully saturated rings. The van der Waals surface area contributed by atoms with Crippen molar-refractivity contribution in [2.75, 3.05) is 7.11 Å². The molecule has 0 atom stereocenters. The lowest BCUT2D eigenvalue weighted by atomic mass is 10.2. The van der Waals surface area contributed by atoms with Crippen molar-refractivity contribution in [3.63, 3.8) is 0 Å². The molecule has 3 rings (SSSR count). The van der Waals surface area contributed by atoms with E-state index in [-0.39, 0.29) is 11.2 Å². The molecule has 0 aliphatic rings. The van der Waals surface area contributed by atoms with Gasteiger partial charge in [-0.15, -0.1) is 10.2 Å². The molecule has 0 saturated heterocycles. The Bertz CT molecular complexity index is 836. The van der Waals surface area contributed by atoms with Crippen molar-refractivity contribution in [3.05, 3.63) is 53.2 Å². The first-order valence-corrected chi connectivity index (χ1v) is 6.41. The first-order chi connectivity index (χ1) is 10.8.